The second kappa shape index (κ2) is 6.93. The molecule has 1 fully saturated rings. The normalized spacial score (nSPS) is 19.1. The Hall–Kier alpha value is -0.870. The van der Waals surface area contributed by atoms with Gasteiger partial charge in [0.05, 0.1) is 5.69 Å². The molecule has 120 valence electrons. The minimum atomic E-state index is 0.174. The fraction of sp³-hybridized carbons (Fsp3) is 0.824. The second-order valence-electron chi connectivity index (χ2n) is 6.66. The molecule has 1 aliphatic rings. The van der Waals surface area contributed by atoms with Crippen molar-refractivity contribution in [3.05, 3.63) is 17.0 Å². The van der Waals surface area contributed by atoms with Crippen molar-refractivity contribution in [2.45, 2.75) is 66.5 Å². The quantitative estimate of drug-likeness (QED) is 0.877. The summed E-state index contributed by atoms with van der Waals surface area (Å²) in [4.78, 5) is 2.52. The lowest BCUT2D eigenvalue weighted by atomic mass is 9.77. The van der Waals surface area contributed by atoms with Crippen molar-refractivity contribution in [2.24, 2.45) is 5.41 Å². The molecule has 0 amide bonds. The molecule has 0 aliphatic carbocycles. The standard InChI is InChI=1S/C17H31N3O/c1-5-9-20-15(4)16(14(3)18-20)12-19-10-7-17(6-2,13-21)8-11-19/h21H,5-13H2,1-4H3. The molecule has 4 nitrogen and oxygen atoms in total. The van der Waals surface area contributed by atoms with E-state index >= 15 is 0 Å². The summed E-state index contributed by atoms with van der Waals surface area (Å²) in [5.41, 5.74) is 4.07. The van der Waals surface area contributed by atoms with Crippen LogP contribution in [0.2, 0.25) is 0 Å². The largest absolute Gasteiger partial charge is 0.396 e. The summed E-state index contributed by atoms with van der Waals surface area (Å²) in [5, 5.41) is 14.3. The molecule has 1 aliphatic heterocycles. The van der Waals surface area contributed by atoms with E-state index in [1.807, 2.05) is 0 Å². The maximum Gasteiger partial charge on any atom is 0.0641 e. The molecule has 4 heteroatoms. The molecule has 1 aromatic rings. The summed E-state index contributed by atoms with van der Waals surface area (Å²) < 4.78 is 2.15. The minimum Gasteiger partial charge on any atom is -0.396 e. The molecular weight excluding hydrogens is 262 g/mol. The fourth-order valence-corrected chi connectivity index (χ4v) is 3.42. The maximum absolute atomic E-state index is 9.64. The van der Waals surface area contributed by atoms with E-state index in [9.17, 15) is 5.11 Å². The van der Waals surface area contributed by atoms with Crippen molar-refractivity contribution in [1.82, 2.24) is 14.7 Å². The van der Waals surface area contributed by atoms with Crippen molar-refractivity contribution in [3.63, 3.8) is 0 Å². The molecule has 0 unspecified atom stereocenters. The van der Waals surface area contributed by atoms with E-state index in [1.165, 1.54) is 17.0 Å². The number of hydrogen-bond acceptors (Lipinski definition) is 3. The highest BCUT2D eigenvalue weighted by Gasteiger charge is 2.32. The third kappa shape index (κ3) is 3.49. The van der Waals surface area contributed by atoms with Crippen LogP contribution < -0.4 is 0 Å². The predicted octanol–water partition coefficient (Wildman–Crippen LogP) is 2.89. The number of rotatable bonds is 6. The van der Waals surface area contributed by atoms with Gasteiger partial charge in [0, 0.05) is 31.0 Å². The number of likely N-dealkylation sites (tertiary alicyclic amines) is 1. The van der Waals surface area contributed by atoms with Gasteiger partial charge in [-0.05, 0) is 58.0 Å². The highest BCUT2D eigenvalue weighted by molar-refractivity contribution is 5.24. The summed E-state index contributed by atoms with van der Waals surface area (Å²) in [6, 6.07) is 0. The van der Waals surface area contributed by atoms with Crippen LogP contribution in [-0.2, 0) is 13.1 Å². The number of hydrogen-bond donors (Lipinski definition) is 1. The van der Waals surface area contributed by atoms with E-state index in [0.29, 0.717) is 6.61 Å². The van der Waals surface area contributed by atoms with Crippen LogP contribution in [0.25, 0.3) is 0 Å². The molecule has 2 rings (SSSR count). The Labute approximate surface area is 129 Å². The lowest BCUT2D eigenvalue weighted by molar-refractivity contribution is 0.0381. The molecule has 0 aromatic carbocycles. The molecule has 21 heavy (non-hydrogen) atoms. The second-order valence-corrected chi connectivity index (χ2v) is 6.66. The van der Waals surface area contributed by atoms with Gasteiger partial charge in [-0.25, -0.2) is 0 Å². The number of aromatic nitrogens is 2. The first-order valence-electron chi connectivity index (χ1n) is 8.41. The van der Waals surface area contributed by atoms with Gasteiger partial charge in [0.2, 0.25) is 0 Å². The molecule has 0 spiro atoms. The molecule has 2 heterocycles. The number of aliphatic hydroxyl groups is 1. The van der Waals surface area contributed by atoms with Crippen LogP contribution in [0.1, 0.15) is 56.5 Å². The highest BCUT2D eigenvalue weighted by Crippen LogP contribution is 2.34. The van der Waals surface area contributed by atoms with Gasteiger partial charge in [-0.3, -0.25) is 9.58 Å². The maximum atomic E-state index is 9.64. The lowest BCUT2D eigenvalue weighted by Gasteiger charge is -2.40. The van der Waals surface area contributed by atoms with Gasteiger partial charge in [-0.2, -0.15) is 5.10 Å². The zero-order valence-electron chi connectivity index (χ0n) is 14.2. The minimum absolute atomic E-state index is 0.174. The fourth-order valence-electron chi connectivity index (χ4n) is 3.42. The molecule has 0 atom stereocenters. The average molecular weight is 293 g/mol. The lowest BCUT2D eigenvalue weighted by Crippen LogP contribution is -2.41. The number of aliphatic hydroxyl groups excluding tert-OH is 1. The van der Waals surface area contributed by atoms with Crippen molar-refractivity contribution < 1.29 is 5.11 Å². The topological polar surface area (TPSA) is 41.3 Å². The van der Waals surface area contributed by atoms with Gasteiger partial charge in [-0.1, -0.05) is 13.8 Å². The average Bonchev–Trinajstić information content (AvgIpc) is 2.76. The monoisotopic (exact) mass is 293 g/mol. The Morgan fingerprint density at radius 3 is 2.38 bits per heavy atom. The zero-order chi connectivity index (χ0) is 15.5. The van der Waals surface area contributed by atoms with Crippen molar-refractivity contribution >= 4 is 0 Å². The van der Waals surface area contributed by atoms with E-state index in [1.54, 1.807) is 0 Å². The van der Waals surface area contributed by atoms with Gasteiger partial charge in [0.15, 0.2) is 0 Å². The first-order chi connectivity index (χ1) is 10.0. The van der Waals surface area contributed by atoms with Crippen molar-refractivity contribution in [1.29, 1.82) is 0 Å². The summed E-state index contributed by atoms with van der Waals surface area (Å²) in [6.45, 7) is 13.3. The molecule has 0 bridgehead atoms. The van der Waals surface area contributed by atoms with Crippen LogP contribution in [0, 0.1) is 19.3 Å². The Balaban J connectivity index is 2.01. The van der Waals surface area contributed by atoms with E-state index in [4.69, 9.17) is 0 Å². The molecule has 1 N–H and O–H groups in total. The summed E-state index contributed by atoms with van der Waals surface area (Å²) in [7, 11) is 0. The molecule has 0 saturated carbocycles. The van der Waals surface area contributed by atoms with Crippen LogP contribution >= 0.6 is 0 Å². The van der Waals surface area contributed by atoms with Gasteiger partial charge >= 0.3 is 0 Å². The summed E-state index contributed by atoms with van der Waals surface area (Å²) >= 11 is 0. The third-order valence-corrected chi connectivity index (χ3v) is 5.35. The van der Waals surface area contributed by atoms with Crippen LogP contribution in [0.3, 0.4) is 0 Å². The van der Waals surface area contributed by atoms with E-state index in [-0.39, 0.29) is 5.41 Å². The smallest absolute Gasteiger partial charge is 0.0641 e. The van der Waals surface area contributed by atoms with E-state index in [0.717, 1.165) is 51.9 Å². The van der Waals surface area contributed by atoms with Crippen LogP contribution in [0.4, 0.5) is 0 Å². The molecule has 1 aromatic heterocycles. The van der Waals surface area contributed by atoms with Crippen molar-refractivity contribution in [2.75, 3.05) is 19.7 Å². The summed E-state index contributed by atoms with van der Waals surface area (Å²) in [6.07, 6.45) is 4.44. The Bertz CT molecular complexity index is 453. The predicted molar refractivity (Wildman–Crippen MR) is 86.3 cm³/mol. The van der Waals surface area contributed by atoms with Crippen LogP contribution in [-0.4, -0.2) is 39.5 Å². The Morgan fingerprint density at radius 2 is 1.86 bits per heavy atom. The van der Waals surface area contributed by atoms with Gasteiger partial charge in [0.25, 0.3) is 0 Å². The Morgan fingerprint density at radius 1 is 1.19 bits per heavy atom. The van der Waals surface area contributed by atoms with E-state index < -0.39 is 0 Å². The van der Waals surface area contributed by atoms with E-state index in [2.05, 4.69) is 42.4 Å². The summed E-state index contributed by atoms with van der Waals surface area (Å²) in [5.74, 6) is 0. The van der Waals surface area contributed by atoms with Gasteiger partial charge < -0.3 is 5.11 Å². The molecule has 0 radical (unpaired) electrons. The van der Waals surface area contributed by atoms with Gasteiger partial charge in [-0.15, -0.1) is 0 Å². The SMILES string of the molecule is CCCn1nc(C)c(CN2CCC(CC)(CO)CC2)c1C. The number of piperidine rings is 1. The number of aryl methyl sites for hydroxylation is 2. The molecular formula is C17H31N3O. The zero-order valence-corrected chi connectivity index (χ0v) is 14.2. The highest BCUT2D eigenvalue weighted by atomic mass is 16.3. The van der Waals surface area contributed by atoms with Crippen molar-refractivity contribution in [3.8, 4) is 0 Å². The first-order valence-corrected chi connectivity index (χ1v) is 8.41. The van der Waals surface area contributed by atoms with Crippen LogP contribution in [0.5, 0.6) is 0 Å². The van der Waals surface area contributed by atoms with Gasteiger partial charge in [0.1, 0.15) is 0 Å². The van der Waals surface area contributed by atoms with Crippen LogP contribution in [0.15, 0.2) is 0 Å². The molecule has 1 saturated heterocycles. The first kappa shape index (κ1) is 16.5. The Kier molecular flexibility index (Phi) is 5.44. The number of nitrogens with zero attached hydrogens (tertiary/aromatic N) is 3. The third-order valence-electron chi connectivity index (χ3n) is 5.35.